The van der Waals surface area contributed by atoms with Crippen LogP contribution in [-0.4, -0.2) is 35.7 Å². The SMILES string of the molecule is Cc1nc(S(=O)(=O)N[C@@H](CO)Cc2ccccc2)cn1C. The Morgan fingerprint density at radius 3 is 2.52 bits per heavy atom. The Morgan fingerprint density at radius 2 is 2.00 bits per heavy atom. The number of aliphatic hydroxyl groups is 1. The van der Waals surface area contributed by atoms with E-state index in [0.29, 0.717) is 12.2 Å². The Labute approximate surface area is 124 Å². The molecule has 2 rings (SSSR count). The standard InChI is InChI=1S/C14H19N3O3S/c1-11-15-14(9-17(11)2)21(19,20)16-13(10-18)8-12-6-4-3-5-7-12/h3-7,9,13,16,18H,8,10H2,1-2H3/t13-/m1/s1. The molecule has 0 saturated heterocycles. The highest BCUT2D eigenvalue weighted by molar-refractivity contribution is 7.89. The van der Waals surface area contributed by atoms with E-state index in [9.17, 15) is 13.5 Å². The molecule has 0 fully saturated rings. The van der Waals surface area contributed by atoms with Gasteiger partial charge in [0.1, 0.15) is 5.82 Å². The number of imidazole rings is 1. The van der Waals surface area contributed by atoms with Crippen molar-refractivity contribution in [2.24, 2.45) is 7.05 Å². The van der Waals surface area contributed by atoms with Crippen LogP contribution in [0.3, 0.4) is 0 Å². The Bertz CT molecular complexity index is 676. The number of aromatic nitrogens is 2. The summed E-state index contributed by atoms with van der Waals surface area (Å²) < 4.78 is 28.7. The normalized spacial score (nSPS) is 13.3. The van der Waals surface area contributed by atoms with E-state index in [-0.39, 0.29) is 11.6 Å². The van der Waals surface area contributed by atoms with Gasteiger partial charge in [0.2, 0.25) is 0 Å². The van der Waals surface area contributed by atoms with Gasteiger partial charge in [0, 0.05) is 19.3 Å². The highest BCUT2D eigenvalue weighted by Gasteiger charge is 2.22. The van der Waals surface area contributed by atoms with Gasteiger partial charge < -0.3 is 9.67 Å². The van der Waals surface area contributed by atoms with Crippen LogP contribution in [0, 0.1) is 6.92 Å². The van der Waals surface area contributed by atoms with Crippen molar-refractivity contribution in [1.29, 1.82) is 0 Å². The molecular formula is C14H19N3O3S. The van der Waals surface area contributed by atoms with Crippen LogP contribution < -0.4 is 4.72 Å². The number of aliphatic hydroxyl groups excluding tert-OH is 1. The Balaban J connectivity index is 2.14. The molecule has 0 radical (unpaired) electrons. The molecule has 7 heteroatoms. The van der Waals surface area contributed by atoms with Gasteiger partial charge >= 0.3 is 0 Å². The van der Waals surface area contributed by atoms with Crippen molar-refractivity contribution in [2.75, 3.05) is 6.61 Å². The summed E-state index contributed by atoms with van der Waals surface area (Å²) in [7, 11) is -2.00. The van der Waals surface area contributed by atoms with Crippen LogP contribution in [0.25, 0.3) is 0 Å². The van der Waals surface area contributed by atoms with E-state index in [1.54, 1.807) is 18.5 Å². The van der Waals surface area contributed by atoms with E-state index < -0.39 is 16.1 Å². The first-order valence-corrected chi connectivity index (χ1v) is 8.08. The lowest BCUT2D eigenvalue weighted by atomic mass is 10.1. The number of aryl methyl sites for hydroxylation is 2. The van der Waals surface area contributed by atoms with Crippen molar-refractivity contribution in [3.05, 3.63) is 47.9 Å². The summed E-state index contributed by atoms with van der Waals surface area (Å²) in [5.74, 6) is 0.610. The maximum absolute atomic E-state index is 12.3. The molecule has 1 aromatic heterocycles. The van der Waals surface area contributed by atoms with Gasteiger partial charge in [-0.1, -0.05) is 30.3 Å². The molecule has 0 aliphatic rings. The monoisotopic (exact) mass is 309 g/mol. The quantitative estimate of drug-likeness (QED) is 0.819. The fourth-order valence-corrected chi connectivity index (χ4v) is 3.24. The van der Waals surface area contributed by atoms with Gasteiger partial charge in [-0.25, -0.2) is 18.1 Å². The van der Waals surface area contributed by atoms with Crippen molar-refractivity contribution >= 4 is 10.0 Å². The molecule has 2 aromatic rings. The van der Waals surface area contributed by atoms with Crippen LogP contribution in [0.2, 0.25) is 0 Å². The van der Waals surface area contributed by atoms with Crippen LogP contribution in [-0.2, 0) is 23.5 Å². The third-order valence-electron chi connectivity index (χ3n) is 3.23. The summed E-state index contributed by atoms with van der Waals surface area (Å²) in [5.41, 5.74) is 0.955. The summed E-state index contributed by atoms with van der Waals surface area (Å²) in [6.07, 6.45) is 1.87. The summed E-state index contributed by atoms with van der Waals surface area (Å²) in [5, 5.41) is 9.37. The molecule has 1 atom stereocenters. The van der Waals surface area contributed by atoms with Gasteiger partial charge in [-0.3, -0.25) is 0 Å². The minimum absolute atomic E-state index is 0.0333. The second-order valence-corrected chi connectivity index (χ2v) is 6.59. The van der Waals surface area contributed by atoms with Crippen LogP contribution in [0.5, 0.6) is 0 Å². The molecule has 0 bridgehead atoms. The summed E-state index contributed by atoms with van der Waals surface area (Å²) >= 11 is 0. The van der Waals surface area contributed by atoms with E-state index in [2.05, 4.69) is 9.71 Å². The largest absolute Gasteiger partial charge is 0.395 e. The lowest BCUT2D eigenvalue weighted by Gasteiger charge is -2.15. The molecule has 2 N–H and O–H groups in total. The molecule has 114 valence electrons. The number of hydrogen-bond donors (Lipinski definition) is 2. The molecule has 0 spiro atoms. The molecule has 1 heterocycles. The summed E-state index contributed by atoms with van der Waals surface area (Å²) in [6, 6.07) is 8.84. The molecule has 21 heavy (non-hydrogen) atoms. The van der Waals surface area contributed by atoms with Crippen molar-refractivity contribution in [2.45, 2.75) is 24.4 Å². The third-order valence-corrected chi connectivity index (χ3v) is 4.62. The Kier molecular flexibility index (Phi) is 4.76. The van der Waals surface area contributed by atoms with Crippen LogP contribution in [0.1, 0.15) is 11.4 Å². The van der Waals surface area contributed by atoms with Crippen molar-refractivity contribution < 1.29 is 13.5 Å². The predicted octanol–water partition coefficient (Wildman–Crippen LogP) is 0.610. The van der Waals surface area contributed by atoms with Gasteiger partial charge in [-0.2, -0.15) is 0 Å². The average molecular weight is 309 g/mol. The van der Waals surface area contributed by atoms with Gasteiger partial charge in [0.05, 0.1) is 6.61 Å². The zero-order valence-electron chi connectivity index (χ0n) is 12.0. The highest BCUT2D eigenvalue weighted by Crippen LogP contribution is 2.10. The van der Waals surface area contributed by atoms with Crippen LogP contribution >= 0.6 is 0 Å². The third kappa shape index (κ3) is 3.90. The van der Waals surface area contributed by atoms with E-state index in [1.807, 2.05) is 30.3 Å². The number of benzene rings is 1. The average Bonchev–Trinajstić information content (AvgIpc) is 2.80. The lowest BCUT2D eigenvalue weighted by Crippen LogP contribution is -2.39. The molecule has 0 saturated carbocycles. The van der Waals surface area contributed by atoms with Gasteiger partial charge in [0.15, 0.2) is 5.03 Å². The van der Waals surface area contributed by atoms with Crippen LogP contribution in [0.4, 0.5) is 0 Å². The minimum Gasteiger partial charge on any atom is -0.395 e. The number of hydrogen-bond acceptors (Lipinski definition) is 4. The fourth-order valence-electron chi connectivity index (χ4n) is 1.98. The first kappa shape index (κ1) is 15.7. The molecule has 6 nitrogen and oxygen atoms in total. The topological polar surface area (TPSA) is 84.2 Å². The van der Waals surface area contributed by atoms with Crippen molar-refractivity contribution in [3.63, 3.8) is 0 Å². The van der Waals surface area contributed by atoms with Crippen LogP contribution in [0.15, 0.2) is 41.6 Å². The van der Waals surface area contributed by atoms with Crippen molar-refractivity contribution in [1.82, 2.24) is 14.3 Å². The second-order valence-electron chi connectivity index (χ2n) is 4.93. The highest BCUT2D eigenvalue weighted by atomic mass is 32.2. The summed E-state index contributed by atoms with van der Waals surface area (Å²) in [4.78, 5) is 4.01. The number of rotatable bonds is 6. The first-order valence-electron chi connectivity index (χ1n) is 6.59. The molecular weight excluding hydrogens is 290 g/mol. The zero-order chi connectivity index (χ0) is 15.5. The predicted molar refractivity (Wildman–Crippen MR) is 79.3 cm³/mol. The first-order chi connectivity index (χ1) is 9.92. The van der Waals surface area contributed by atoms with Crippen molar-refractivity contribution in [3.8, 4) is 0 Å². The fraction of sp³-hybridized carbons (Fsp3) is 0.357. The van der Waals surface area contributed by atoms with E-state index in [4.69, 9.17) is 0 Å². The summed E-state index contributed by atoms with van der Waals surface area (Å²) in [6.45, 7) is 1.45. The van der Waals surface area contributed by atoms with E-state index in [1.165, 1.54) is 6.20 Å². The lowest BCUT2D eigenvalue weighted by molar-refractivity contribution is 0.256. The molecule has 0 aliphatic heterocycles. The van der Waals surface area contributed by atoms with E-state index >= 15 is 0 Å². The maximum atomic E-state index is 12.3. The number of nitrogens with zero attached hydrogens (tertiary/aromatic N) is 2. The smallest absolute Gasteiger partial charge is 0.259 e. The maximum Gasteiger partial charge on any atom is 0.259 e. The Hall–Kier alpha value is -1.70. The van der Waals surface area contributed by atoms with E-state index in [0.717, 1.165) is 5.56 Å². The van der Waals surface area contributed by atoms with Gasteiger partial charge in [-0.05, 0) is 18.9 Å². The number of nitrogens with one attached hydrogen (secondary N) is 1. The molecule has 0 unspecified atom stereocenters. The molecule has 0 aliphatic carbocycles. The van der Waals surface area contributed by atoms with Gasteiger partial charge in [0.25, 0.3) is 10.0 Å². The second kappa shape index (κ2) is 6.38. The Morgan fingerprint density at radius 1 is 1.33 bits per heavy atom. The zero-order valence-corrected chi connectivity index (χ0v) is 12.8. The molecule has 1 aromatic carbocycles. The minimum atomic E-state index is -3.74. The molecule has 0 amide bonds. The van der Waals surface area contributed by atoms with Gasteiger partial charge in [-0.15, -0.1) is 0 Å². The number of sulfonamides is 1.